The Bertz CT molecular complexity index is 711. The van der Waals surface area contributed by atoms with Gasteiger partial charge in [0, 0.05) is 49.5 Å². The molecule has 2 heterocycles. The van der Waals surface area contributed by atoms with E-state index >= 15 is 0 Å². The van der Waals surface area contributed by atoms with Crippen LogP contribution in [0.4, 0.5) is 4.39 Å². The van der Waals surface area contributed by atoms with Crippen LogP contribution in [0.15, 0.2) is 36.5 Å². The van der Waals surface area contributed by atoms with Crippen molar-refractivity contribution < 1.29 is 9.18 Å². The molecule has 0 atom stereocenters. The zero-order valence-corrected chi connectivity index (χ0v) is 14.4. The van der Waals surface area contributed by atoms with E-state index in [0.717, 1.165) is 0 Å². The third kappa shape index (κ3) is 3.86. The molecule has 0 spiro atoms. The van der Waals surface area contributed by atoms with Gasteiger partial charge in [-0.1, -0.05) is 29.3 Å². The van der Waals surface area contributed by atoms with Crippen molar-refractivity contribution in [3.8, 4) is 0 Å². The average Bonchev–Trinajstić information content (AvgIpc) is 2.59. The molecule has 0 unspecified atom stereocenters. The van der Waals surface area contributed by atoms with Crippen LogP contribution in [0.25, 0.3) is 0 Å². The predicted molar refractivity (Wildman–Crippen MR) is 91.8 cm³/mol. The summed E-state index contributed by atoms with van der Waals surface area (Å²) in [5.74, 6) is -0.365. The van der Waals surface area contributed by atoms with Crippen molar-refractivity contribution in [3.05, 3.63) is 63.6 Å². The minimum absolute atomic E-state index is 0.0669. The highest BCUT2D eigenvalue weighted by Gasteiger charge is 2.23. The van der Waals surface area contributed by atoms with Crippen molar-refractivity contribution in [2.75, 3.05) is 26.2 Å². The summed E-state index contributed by atoms with van der Waals surface area (Å²) >= 11 is 11.8. The van der Waals surface area contributed by atoms with E-state index in [2.05, 4.69) is 9.88 Å². The molecule has 2 aromatic rings. The van der Waals surface area contributed by atoms with E-state index in [1.807, 2.05) is 0 Å². The highest BCUT2D eigenvalue weighted by atomic mass is 35.5. The first-order valence-electron chi connectivity index (χ1n) is 7.60. The minimum atomic E-state index is -0.298. The Labute approximate surface area is 149 Å². The fourth-order valence-corrected chi connectivity index (χ4v) is 3.04. The molecule has 0 N–H and O–H groups in total. The summed E-state index contributed by atoms with van der Waals surface area (Å²) in [6.45, 7) is 2.92. The standard InChI is InChI=1S/C17H16Cl2FN3O/c18-14-2-1-3-15(20)13(14)11-22-6-8-23(9-7-22)17(24)12-4-5-16(19)21-10-12/h1-5,10H,6-9,11H2. The number of halogens is 3. The summed E-state index contributed by atoms with van der Waals surface area (Å²) in [5.41, 5.74) is 1.02. The van der Waals surface area contributed by atoms with E-state index in [4.69, 9.17) is 23.2 Å². The Hall–Kier alpha value is -1.69. The molecule has 24 heavy (non-hydrogen) atoms. The van der Waals surface area contributed by atoms with Gasteiger partial charge in [0.15, 0.2) is 0 Å². The minimum Gasteiger partial charge on any atom is -0.336 e. The highest BCUT2D eigenvalue weighted by molar-refractivity contribution is 6.31. The molecule has 7 heteroatoms. The van der Waals surface area contributed by atoms with Gasteiger partial charge in [0.1, 0.15) is 11.0 Å². The summed E-state index contributed by atoms with van der Waals surface area (Å²) in [6.07, 6.45) is 1.48. The first-order chi connectivity index (χ1) is 11.5. The van der Waals surface area contributed by atoms with Crippen LogP contribution >= 0.6 is 23.2 Å². The zero-order chi connectivity index (χ0) is 17.1. The molecule has 1 aliphatic heterocycles. The second-order valence-electron chi connectivity index (χ2n) is 5.64. The van der Waals surface area contributed by atoms with Gasteiger partial charge >= 0.3 is 0 Å². The third-order valence-electron chi connectivity index (χ3n) is 4.08. The molecule has 1 aromatic carbocycles. The second kappa shape index (κ2) is 7.47. The van der Waals surface area contributed by atoms with Gasteiger partial charge in [-0.25, -0.2) is 9.37 Å². The molecule has 1 amide bonds. The smallest absolute Gasteiger partial charge is 0.255 e. The van der Waals surface area contributed by atoms with Crippen LogP contribution in [0.5, 0.6) is 0 Å². The molecule has 1 aromatic heterocycles. The molecular weight excluding hydrogens is 352 g/mol. The molecule has 126 valence electrons. The Morgan fingerprint density at radius 3 is 2.50 bits per heavy atom. The first kappa shape index (κ1) is 17.1. The molecule has 1 saturated heterocycles. The van der Waals surface area contributed by atoms with Crippen LogP contribution in [0, 0.1) is 5.82 Å². The molecular formula is C17H16Cl2FN3O. The highest BCUT2D eigenvalue weighted by Crippen LogP contribution is 2.21. The van der Waals surface area contributed by atoms with Gasteiger partial charge in [-0.05, 0) is 24.3 Å². The van der Waals surface area contributed by atoms with Crippen molar-refractivity contribution in [1.82, 2.24) is 14.8 Å². The van der Waals surface area contributed by atoms with Crippen LogP contribution < -0.4 is 0 Å². The van der Waals surface area contributed by atoms with E-state index in [1.165, 1.54) is 12.3 Å². The molecule has 4 nitrogen and oxygen atoms in total. The maximum Gasteiger partial charge on any atom is 0.255 e. The number of hydrogen-bond donors (Lipinski definition) is 0. The molecule has 0 radical (unpaired) electrons. The van der Waals surface area contributed by atoms with Gasteiger partial charge in [0.05, 0.1) is 5.56 Å². The van der Waals surface area contributed by atoms with Gasteiger partial charge in [0.25, 0.3) is 5.91 Å². The lowest BCUT2D eigenvalue weighted by atomic mass is 10.1. The van der Waals surface area contributed by atoms with Crippen LogP contribution in [-0.2, 0) is 6.54 Å². The van der Waals surface area contributed by atoms with Crippen molar-refractivity contribution in [2.24, 2.45) is 0 Å². The summed E-state index contributed by atoms with van der Waals surface area (Å²) in [7, 11) is 0. The van der Waals surface area contributed by atoms with E-state index in [9.17, 15) is 9.18 Å². The van der Waals surface area contributed by atoms with E-state index in [-0.39, 0.29) is 11.7 Å². The number of amides is 1. The fraction of sp³-hybridized carbons (Fsp3) is 0.294. The third-order valence-corrected chi connectivity index (χ3v) is 4.65. The van der Waals surface area contributed by atoms with Gasteiger partial charge in [0.2, 0.25) is 0 Å². The number of hydrogen-bond acceptors (Lipinski definition) is 3. The van der Waals surface area contributed by atoms with Gasteiger partial charge in [-0.3, -0.25) is 9.69 Å². The summed E-state index contributed by atoms with van der Waals surface area (Å²) in [4.78, 5) is 20.2. The number of pyridine rings is 1. The molecule has 1 aliphatic rings. The average molecular weight is 368 g/mol. The van der Waals surface area contributed by atoms with Crippen molar-refractivity contribution >= 4 is 29.1 Å². The van der Waals surface area contributed by atoms with Crippen molar-refractivity contribution in [1.29, 1.82) is 0 Å². The Kier molecular flexibility index (Phi) is 5.33. The molecule has 1 fully saturated rings. The molecule has 0 aliphatic carbocycles. The van der Waals surface area contributed by atoms with Crippen LogP contribution in [0.3, 0.4) is 0 Å². The second-order valence-corrected chi connectivity index (χ2v) is 6.43. The number of carbonyl (C=O) groups is 1. The largest absolute Gasteiger partial charge is 0.336 e. The fourth-order valence-electron chi connectivity index (χ4n) is 2.70. The van der Waals surface area contributed by atoms with Gasteiger partial charge < -0.3 is 4.90 Å². The van der Waals surface area contributed by atoms with Gasteiger partial charge in [-0.15, -0.1) is 0 Å². The number of nitrogens with zero attached hydrogens (tertiary/aromatic N) is 3. The Balaban J connectivity index is 1.59. The van der Waals surface area contributed by atoms with Crippen molar-refractivity contribution in [3.63, 3.8) is 0 Å². The van der Waals surface area contributed by atoms with E-state index in [0.29, 0.717) is 54.0 Å². The van der Waals surface area contributed by atoms with Crippen molar-refractivity contribution in [2.45, 2.75) is 6.54 Å². The normalized spacial score (nSPS) is 15.5. The number of carbonyl (C=O) groups excluding carboxylic acids is 1. The van der Waals surface area contributed by atoms with Gasteiger partial charge in [-0.2, -0.15) is 0 Å². The lowest BCUT2D eigenvalue weighted by Crippen LogP contribution is -2.48. The zero-order valence-electron chi connectivity index (χ0n) is 12.9. The Morgan fingerprint density at radius 1 is 1.12 bits per heavy atom. The topological polar surface area (TPSA) is 36.4 Å². The van der Waals surface area contributed by atoms with E-state index in [1.54, 1.807) is 29.2 Å². The number of aromatic nitrogens is 1. The SMILES string of the molecule is O=C(c1ccc(Cl)nc1)N1CCN(Cc2c(F)cccc2Cl)CC1. The lowest BCUT2D eigenvalue weighted by Gasteiger charge is -2.35. The quantitative estimate of drug-likeness (QED) is 0.779. The number of piperazine rings is 1. The van der Waals surface area contributed by atoms with Crippen LogP contribution in [-0.4, -0.2) is 46.9 Å². The maximum absolute atomic E-state index is 13.9. The van der Waals surface area contributed by atoms with E-state index < -0.39 is 0 Å². The monoisotopic (exact) mass is 367 g/mol. The Morgan fingerprint density at radius 2 is 1.88 bits per heavy atom. The predicted octanol–water partition coefficient (Wildman–Crippen LogP) is 3.49. The first-order valence-corrected chi connectivity index (χ1v) is 8.36. The maximum atomic E-state index is 13.9. The molecule has 0 saturated carbocycles. The number of benzene rings is 1. The summed E-state index contributed by atoms with van der Waals surface area (Å²) in [5, 5.41) is 0.791. The number of rotatable bonds is 3. The summed E-state index contributed by atoms with van der Waals surface area (Å²) < 4.78 is 13.9. The molecule has 3 rings (SSSR count). The van der Waals surface area contributed by atoms with Crippen LogP contribution in [0.1, 0.15) is 15.9 Å². The van der Waals surface area contributed by atoms with Crippen LogP contribution in [0.2, 0.25) is 10.2 Å². The molecule has 0 bridgehead atoms. The summed E-state index contributed by atoms with van der Waals surface area (Å²) in [6, 6.07) is 7.97. The lowest BCUT2D eigenvalue weighted by molar-refractivity contribution is 0.0626.